The van der Waals surface area contributed by atoms with Gasteiger partial charge in [-0.25, -0.2) is 0 Å². The van der Waals surface area contributed by atoms with Crippen molar-refractivity contribution in [3.05, 3.63) is 12.2 Å². The van der Waals surface area contributed by atoms with Gasteiger partial charge in [-0.3, -0.25) is 14.9 Å². The number of amides is 2. The number of carbonyl (C=O) groups is 2. The van der Waals surface area contributed by atoms with Crippen LogP contribution in [0.15, 0.2) is 12.2 Å². The molecule has 3 N–H and O–H groups in total. The van der Waals surface area contributed by atoms with E-state index in [1.165, 1.54) is 6.08 Å². The SMILES string of the molecule is NCCC=CC(=O)NC=O. The van der Waals surface area contributed by atoms with E-state index < -0.39 is 5.91 Å². The lowest BCUT2D eigenvalue weighted by Gasteiger charge is -1.86. The van der Waals surface area contributed by atoms with E-state index in [0.717, 1.165) is 0 Å². The van der Waals surface area contributed by atoms with Crippen molar-refractivity contribution in [3.8, 4) is 0 Å². The Labute approximate surface area is 59.1 Å². The Bertz CT molecular complexity index is 143. The molecule has 0 aromatic heterocycles. The maximum absolute atomic E-state index is 10.4. The summed E-state index contributed by atoms with van der Waals surface area (Å²) in [5.41, 5.74) is 5.14. The molecule has 0 aliphatic heterocycles. The summed E-state index contributed by atoms with van der Waals surface area (Å²) in [6.07, 6.45) is 3.88. The third kappa shape index (κ3) is 4.99. The number of nitrogens with one attached hydrogen (secondary N) is 1. The molecule has 0 unspecified atom stereocenters. The van der Waals surface area contributed by atoms with Gasteiger partial charge in [0.05, 0.1) is 0 Å². The molecular formula is C6H10N2O2. The highest BCUT2D eigenvalue weighted by Gasteiger charge is 1.88. The van der Waals surface area contributed by atoms with Crippen LogP contribution in [-0.4, -0.2) is 18.9 Å². The molecule has 0 atom stereocenters. The topological polar surface area (TPSA) is 72.2 Å². The number of imide groups is 1. The highest BCUT2D eigenvalue weighted by molar-refractivity contribution is 5.94. The molecule has 0 heterocycles. The van der Waals surface area contributed by atoms with Crippen LogP contribution < -0.4 is 11.1 Å². The zero-order valence-corrected chi connectivity index (χ0v) is 5.54. The van der Waals surface area contributed by atoms with Crippen molar-refractivity contribution in [2.24, 2.45) is 5.73 Å². The molecule has 0 aliphatic carbocycles. The van der Waals surface area contributed by atoms with Crippen LogP contribution in [0.2, 0.25) is 0 Å². The molecule has 4 nitrogen and oxygen atoms in total. The number of carbonyl (C=O) groups excluding carboxylic acids is 2. The first kappa shape index (κ1) is 8.84. The van der Waals surface area contributed by atoms with Gasteiger partial charge in [-0.1, -0.05) is 6.08 Å². The number of hydrogen-bond acceptors (Lipinski definition) is 3. The predicted octanol–water partition coefficient (Wildman–Crippen LogP) is -0.836. The predicted molar refractivity (Wildman–Crippen MR) is 37.0 cm³/mol. The Morgan fingerprint density at radius 2 is 2.30 bits per heavy atom. The van der Waals surface area contributed by atoms with Crippen molar-refractivity contribution in [1.29, 1.82) is 0 Å². The van der Waals surface area contributed by atoms with Gasteiger partial charge in [-0.15, -0.1) is 0 Å². The van der Waals surface area contributed by atoms with E-state index in [1.807, 2.05) is 5.32 Å². The normalized spacial score (nSPS) is 9.70. The van der Waals surface area contributed by atoms with E-state index in [0.29, 0.717) is 19.4 Å². The van der Waals surface area contributed by atoms with Gasteiger partial charge < -0.3 is 5.73 Å². The zero-order chi connectivity index (χ0) is 7.82. The van der Waals surface area contributed by atoms with Crippen LogP contribution in [0.25, 0.3) is 0 Å². The summed E-state index contributed by atoms with van der Waals surface area (Å²) in [5, 5.41) is 1.96. The molecular weight excluding hydrogens is 132 g/mol. The third-order valence-electron chi connectivity index (χ3n) is 0.804. The van der Waals surface area contributed by atoms with Gasteiger partial charge in [-0.2, -0.15) is 0 Å². The van der Waals surface area contributed by atoms with Crippen molar-refractivity contribution in [1.82, 2.24) is 5.32 Å². The Balaban J connectivity index is 3.45. The summed E-state index contributed by atoms with van der Waals surface area (Å²) in [6.45, 7) is 0.505. The van der Waals surface area contributed by atoms with Crippen LogP contribution in [-0.2, 0) is 9.59 Å². The molecule has 0 rings (SSSR count). The van der Waals surface area contributed by atoms with E-state index in [9.17, 15) is 9.59 Å². The third-order valence-corrected chi connectivity index (χ3v) is 0.804. The summed E-state index contributed by atoms with van der Waals surface area (Å²) >= 11 is 0. The largest absolute Gasteiger partial charge is 0.330 e. The van der Waals surface area contributed by atoms with Crippen molar-refractivity contribution in [2.45, 2.75) is 6.42 Å². The second-order valence-corrected chi connectivity index (χ2v) is 1.61. The molecule has 56 valence electrons. The van der Waals surface area contributed by atoms with Gasteiger partial charge in [0.2, 0.25) is 12.3 Å². The molecule has 0 aromatic carbocycles. The number of nitrogens with two attached hydrogens (primary N) is 1. The molecule has 0 saturated heterocycles. The van der Waals surface area contributed by atoms with Crippen LogP contribution in [0, 0.1) is 0 Å². The zero-order valence-electron chi connectivity index (χ0n) is 5.54. The van der Waals surface area contributed by atoms with Crippen molar-refractivity contribution < 1.29 is 9.59 Å². The molecule has 10 heavy (non-hydrogen) atoms. The lowest BCUT2D eigenvalue weighted by Crippen LogP contribution is -2.18. The minimum Gasteiger partial charge on any atom is -0.330 e. The van der Waals surface area contributed by atoms with Gasteiger partial charge in [0.15, 0.2) is 0 Å². The minimum absolute atomic E-state index is 0.342. The van der Waals surface area contributed by atoms with Crippen LogP contribution in [0.1, 0.15) is 6.42 Å². The maximum Gasteiger partial charge on any atom is 0.250 e. The first-order valence-electron chi connectivity index (χ1n) is 2.92. The molecule has 0 saturated carbocycles. The molecule has 0 aliphatic rings. The van der Waals surface area contributed by atoms with Gasteiger partial charge in [-0.05, 0) is 19.0 Å². The molecule has 0 radical (unpaired) electrons. The van der Waals surface area contributed by atoms with Gasteiger partial charge in [0.25, 0.3) is 0 Å². The van der Waals surface area contributed by atoms with Crippen LogP contribution in [0.5, 0.6) is 0 Å². The fourth-order valence-electron chi connectivity index (χ4n) is 0.393. The van der Waals surface area contributed by atoms with E-state index in [2.05, 4.69) is 0 Å². The average Bonchev–Trinajstić information content (AvgIpc) is 1.89. The summed E-state index contributed by atoms with van der Waals surface area (Å²) in [6, 6.07) is 0. The summed E-state index contributed by atoms with van der Waals surface area (Å²) in [5.74, 6) is -0.413. The van der Waals surface area contributed by atoms with Crippen molar-refractivity contribution in [3.63, 3.8) is 0 Å². The molecule has 0 spiro atoms. The first-order valence-corrected chi connectivity index (χ1v) is 2.92. The maximum atomic E-state index is 10.4. The van der Waals surface area contributed by atoms with Gasteiger partial charge in [0.1, 0.15) is 0 Å². The van der Waals surface area contributed by atoms with Crippen LogP contribution in [0.3, 0.4) is 0 Å². The van der Waals surface area contributed by atoms with E-state index in [4.69, 9.17) is 5.73 Å². The van der Waals surface area contributed by atoms with Crippen LogP contribution in [0.4, 0.5) is 0 Å². The quantitative estimate of drug-likeness (QED) is 0.397. The monoisotopic (exact) mass is 142 g/mol. The molecule has 2 amide bonds. The summed E-state index contributed by atoms with van der Waals surface area (Å²) in [4.78, 5) is 20.1. The minimum atomic E-state index is -0.413. The van der Waals surface area contributed by atoms with Crippen molar-refractivity contribution >= 4 is 12.3 Å². The smallest absolute Gasteiger partial charge is 0.250 e. The lowest BCUT2D eigenvalue weighted by atomic mass is 10.4. The average molecular weight is 142 g/mol. The Kier molecular flexibility index (Phi) is 5.28. The highest BCUT2D eigenvalue weighted by atomic mass is 16.2. The van der Waals surface area contributed by atoms with E-state index in [1.54, 1.807) is 6.08 Å². The van der Waals surface area contributed by atoms with Crippen molar-refractivity contribution in [2.75, 3.05) is 6.54 Å². The Morgan fingerprint density at radius 3 is 2.80 bits per heavy atom. The molecule has 0 aromatic rings. The number of hydrogen-bond donors (Lipinski definition) is 2. The number of rotatable bonds is 4. The molecule has 0 fully saturated rings. The second-order valence-electron chi connectivity index (χ2n) is 1.61. The second kappa shape index (κ2) is 5.97. The molecule has 4 heteroatoms. The van der Waals surface area contributed by atoms with Crippen LogP contribution >= 0.6 is 0 Å². The van der Waals surface area contributed by atoms with E-state index in [-0.39, 0.29) is 0 Å². The van der Waals surface area contributed by atoms with E-state index >= 15 is 0 Å². The lowest BCUT2D eigenvalue weighted by molar-refractivity contribution is -0.121. The Hall–Kier alpha value is -1.16. The fourth-order valence-corrected chi connectivity index (χ4v) is 0.393. The van der Waals surface area contributed by atoms with Gasteiger partial charge in [0, 0.05) is 0 Å². The highest BCUT2D eigenvalue weighted by Crippen LogP contribution is 1.77. The standard InChI is InChI=1S/C6H10N2O2/c7-4-2-1-3-6(10)8-5-9/h1,3,5H,2,4,7H2,(H,8,9,10). The molecule has 0 bridgehead atoms. The summed E-state index contributed by atoms with van der Waals surface area (Å²) < 4.78 is 0. The fraction of sp³-hybridized carbons (Fsp3) is 0.333. The summed E-state index contributed by atoms with van der Waals surface area (Å²) in [7, 11) is 0. The first-order chi connectivity index (χ1) is 4.81. The Morgan fingerprint density at radius 1 is 1.60 bits per heavy atom. The van der Waals surface area contributed by atoms with Gasteiger partial charge >= 0.3 is 0 Å².